The average Bonchev–Trinajstić information content (AvgIpc) is 2.98. The number of fused-ring (bicyclic) bond motifs is 1. The molecule has 0 bridgehead atoms. The summed E-state index contributed by atoms with van der Waals surface area (Å²) in [5.41, 5.74) is 0.122. The molecule has 0 fully saturated rings. The van der Waals surface area contributed by atoms with E-state index in [1.807, 2.05) is 6.07 Å². The molecule has 3 aromatic carbocycles. The first-order valence-corrected chi connectivity index (χ1v) is 12.2. The molecule has 0 saturated carbocycles. The number of nitriles is 1. The normalized spacial score (nSPS) is 15.2. The number of amides is 3. The minimum Gasteiger partial charge on any atom is -0.341 e. The lowest BCUT2D eigenvalue weighted by Gasteiger charge is -2.30. The number of hydrogen-bond acceptors (Lipinski definition) is 5. The van der Waals surface area contributed by atoms with Gasteiger partial charge in [0.05, 0.1) is 29.6 Å². The highest BCUT2D eigenvalue weighted by molar-refractivity contribution is 6.31. The van der Waals surface area contributed by atoms with E-state index >= 15 is 0 Å². The summed E-state index contributed by atoms with van der Waals surface area (Å²) >= 11 is 6.24. The molecule has 4 rings (SSSR count). The molecule has 11 heteroatoms. The molecule has 1 aliphatic rings. The van der Waals surface area contributed by atoms with Crippen LogP contribution in [0.1, 0.15) is 29.8 Å². The standard InChI is InChI=1S/C28H24ClF2N5O3/c1-28(2,34-25(37)17-4-6-19(30)7-5-17)27(39)33-22-15-36(21-11-16(14-32)10-18(29)12-21)23-9-8-20(31)13-24(23)35(3)26(22)38/h4-13,22H,15H2,1-3H3,(H,33,39)(H,34,37)/t22-/m1/s1. The molecule has 0 saturated heterocycles. The number of benzene rings is 3. The summed E-state index contributed by atoms with van der Waals surface area (Å²) in [4.78, 5) is 42.4. The Morgan fingerprint density at radius 1 is 1.03 bits per heavy atom. The van der Waals surface area contributed by atoms with E-state index in [0.717, 1.165) is 12.1 Å². The second-order valence-corrected chi connectivity index (χ2v) is 10.00. The SMILES string of the molecule is CN1C(=O)[C@H](NC(=O)C(C)(C)NC(=O)c2ccc(F)cc2)CN(c2cc(Cl)cc(C#N)c2)c2ccc(F)cc21. The third kappa shape index (κ3) is 5.84. The van der Waals surface area contributed by atoms with Crippen molar-refractivity contribution < 1.29 is 23.2 Å². The van der Waals surface area contributed by atoms with E-state index in [2.05, 4.69) is 10.6 Å². The molecule has 2 N–H and O–H groups in total. The second kappa shape index (κ2) is 10.7. The first-order valence-electron chi connectivity index (χ1n) is 11.8. The van der Waals surface area contributed by atoms with E-state index in [4.69, 9.17) is 11.6 Å². The lowest BCUT2D eigenvalue weighted by molar-refractivity contribution is -0.130. The molecule has 39 heavy (non-hydrogen) atoms. The number of hydrogen-bond donors (Lipinski definition) is 2. The van der Waals surface area contributed by atoms with E-state index in [9.17, 15) is 28.4 Å². The molecular weight excluding hydrogens is 528 g/mol. The van der Waals surface area contributed by atoms with E-state index in [-0.39, 0.29) is 28.4 Å². The number of anilines is 3. The maximum atomic E-state index is 14.2. The van der Waals surface area contributed by atoms with Gasteiger partial charge in [0.15, 0.2) is 0 Å². The molecule has 0 radical (unpaired) electrons. The minimum absolute atomic E-state index is 0.0826. The Hall–Kier alpha value is -4.49. The van der Waals surface area contributed by atoms with Crippen LogP contribution in [0.4, 0.5) is 25.8 Å². The Bertz CT molecular complexity index is 1500. The van der Waals surface area contributed by atoms with Gasteiger partial charge < -0.3 is 20.4 Å². The number of nitrogens with zero attached hydrogens (tertiary/aromatic N) is 3. The van der Waals surface area contributed by atoms with Crippen molar-refractivity contribution in [1.82, 2.24) is 10.6 Å². The van der Waals surface area contributed by atoms with Gasteiger partial charge in [-0.05, 0) is 74.5 Å². The molecular formula is C28H24ClF2N5O3. The third-order valence-corrected chi connectivity index (χ3v) is 6.53. The Kier molecular flexibility index (Phi) is 7.56. The lowest BCUT2D eigenvalue weighted by Crippen LogP contribution is -2.60. The van der Waals surface area contributed by atoms with Crippen molar-refractivity contribution in [2.45, 2.75) is 25.4 Å². The zero-order valence-electron chi connectivity index (χ0n) is 21.3. The molecule has 1 heterocycles. The summed E-state index contributed by atoms with van der Waals surface area (Å²) in [7, 11) is 1.46. The smallest absolute Gasteiger partial charge is 0.252 e. The second-order valence-electron chi connectivity index (χ2n) is 9.56. The Labute approximate surface area is 228 Å². The molecule has 1 aliphatic heterocycles. The highest BCUT2D eigenvalue weighted by Crippen LogP contribution is 2.38. The van der Waals surface area contributed by atoms with Crippen molar-refractivity contribution in [1.29, 1.82) is 5.26 Å². The van der Waals surface area contributed by atoms with Crippen LogP contribution < -0.4 is 20.4 Å². The monoisotopic (exact) mass is 551 g/mol. The topological polar surface area (TPSA) is 106 Å². The van der Waals surface area contributed by atoms with E-state index in [0.29, 0.717) is 11.4 Å². The maximum Gasteiger partial charge on any atom is 0.252 e. The molecule has 3 aromatic rings. The van der Waals surface area contributed by atoms with Gasteiger partial charge in [0.25, 0.3) is 11.8 Å². The summed E-state index contributed by atoms with van der Waals surface area (Å²) in [6, 6.07) is 14.3. The predicted molar refractivity (Wildman–Crippen MR) is 143 cm³/mol. The van der Waals surface area contributed by atoms with Crippen molar-refractivity contribution in [3.63, 3.8) is 0 Å². The highest BCUT2D eigenvalue weighted by Gasteiger charge is 2.38. The van der Waals surface area contributed by atoms with Crippen molar-refractivity contribution in [3.8, 4) is 6.07 Å². The van der Waals surface area contributed by atoms with Crippen molar-refractivity contribution >= 4 is 46.4 Å². The van der Waals surface area contributed by atoms with Crippen molar-refractivity contribution in [3.05, 3.63) is 88.4 Å². The molecule has 1 atom stereocenters. The summed E-state index contributed by atoms with van der Waals surface area (Å²) < 4.78 is 27.5. The van der Waals surface area contributed by atoms with Crippen LogP contribution in [0.15, 0.2) is 60.7 Å². The quantitative estimate of drug-likeness (QED) is 0.492. The number of rotatable bonds is 5. The van der Waals surface area contributed by atoms with Gasteiger partial charge in [-0.2, -0.15) is 5.26 Å². The van der Waals surface area contributed by atoms with Crippen LogP contribution in [0.3, 0.4) is 0 Å². The molecule has 0 aromatic heterocycles. The van der Waals surface area contributed by atoms with Crippen LogP contribution >= 0.6 is 11.6 Å². The Balaban J connectivity index is 1.66. The van der Waals surface area contributed by atoms with Gasteiger partial charge in [-0.25, -0.2) is 8.78 Å². The van der Waals surface area contributed by atoms with E-state index < -0.39 is 40.9 Å². The molecule has 0 aliphatic carbocycles. The number of carbonyl (C=O) groups is 3. The van der Waals surface area contributed by atoms with Gasteiger partial charge >= 0.3 is 0 Å². The first kappa shape index (κ1) is 27.5. The zero-order chi connectivity index (χ0) is 28.5. The zero-order valence-corrected chi connectivity index (χ0v) is 22.0. The van der Waals surface area contributed by atoms with Gasteiger partial charge in [-0.1, -0.05) is 11.6 Å². The van der Waals surface area contributed by atoms with Gasteiger partial charge in [-0.15, -0.1) is 0 Å². The summed E-state index contributed by atoms with van der Waals surface area (Å²) in [5.74, 6) is -2.87. The van der Waals surface area contributed by atoms with Crippen LogP contribution in [-0.4, -0.2) is 42.9 Å². The summed E-state index contributed by atoms with van der Waals surface area (Å²) in [5, 5.41) is 15.0. The van der Waals surface area contributed by atoms with Crippen LogP contribution in [-0.2, 0) is 9.59 Å². The largest absolute Gasteiger partial charge is 0.341 e. The average molecular weight is 552 g/mol. The van der Waals surface area contributed by atoms with E-state index in [1.54, 1.807) is 17.0 Å². The number of likely N-dealkylation sites (N-methyl/N-ethyl adjacent to an activating group) is 1. The van der Waals surface area contributed by atoms with Crippen molar-refractivity contribution in [2.75, 3.05) is 23.4 Å². The van der Waals surface area contributed by atoms with Crippen molar-refractivity contribution in [2.24, 2.45) is 0 Å². The van der Waals surface area contributed by atoms with Crippen LogP contribution in [0, 0.1) is 23.0 Å². The summed E-state index contributed by atoms with van der Waals surface area (Å²) in [6.07, 6.45) is 0. The molecule has 200 valence electrons. The first-order chi connectivity index (χ1) is 18.4. The number of halogens is 3. The van der Waals surface area contributed by atoms with Crippen LogP contribution in [0.25, 0.3) is 0 Å². The molecule has 0 spiro atoms. The minimum atomic E-state index is -1.47. The predicted octanol–water partition coefficient (Wildman–Crippen LogP) is 4.30. The number of carbonyl (C=O) groups excluding carboxylic acids is 3. The molecule has 8 nitrogen and oxygen atoms in total. The summed E-state index contributed by atoms with van der Waals surface area (Å²) in [6.45, 7) is 2.85. The Morgan fingerprint density at radius 3 is 2.36 bits per heavy atom. The van der Waals surface area contributed by atoms with Gasteiger partial charge in [0.1, 0.15) is 23.2 Å². The fourth-order valence-corrected chi connectivity index (χ4v) is 4.43. The molecule has 0 unspecified atom stereocenters. The fourth-order valence-electron chi connectivity index (χ4n) is 4.20. The third-order valence-electron chi connectivity index (χ3n) is 6.31. The maximum absolute atomic E-state index is 14.2. The van der Waals surface area contributed by atoms with Crippen LogP contribution in [0.2, 0.25) is 5.02 Å². The fraction of sp³-hybridized carbons (Fsp3) is 0.214. The van der Waals surface area contributed by atoms with Crippen LogP contribution in [0.5, 0.6) is 0 Å². The van der Waals surface area contributed by atoms with Gasteiger partial charge in [0.2, 0.25) is 5.91 Å². The van der Waals surface area contributed by atoms with Gasteiger partial charge in [-0.3, -0.25) is 14.4 Å². The number of nitrogens with one attached hydrogen (secondary N) is 2. The van der Waals surface area contributed by atoms with E-state index in [1.165, 1.54) is 62.2 Å². The van der Waals surface area contributed by atoms with Gasteiger partial charge in [0, 0.05) is 23.3 Å². The lowest BCUT2D eigenvalue weighted by atomic mass is 10.0. The molecule has 3 amide bonds. The Morgan fingerprint density at radius 2 is 1.69 bits per heavy atom. The highest BCUT2D eigenvalue weighted by atomic mass is 35.5.